The van der Waals surface area contributed by atoms with Crippen LogP contribution in [-0.2, 0) is 23.0 Å². The number of hydrogen-bond donors (Lipinski definition) is 1. The number of piperidine rings is 1. The number of rotatable bonds is 7. The van der Waals surface area contributed by atoms with Crippen LogP contribution in [0.25, 0.3) is 0 Å². The summed E-state index contributed by atoms with van der Waals surface area (Å²) >= 11 is 0. The van der Waals surface area contributed by atoms with Gasteiger partial charge in [-0.05, 0) is 12.8 Å². The van der Waals surface area contributed by atoms with E-state index in [2.05, 4.69) is 14.5 Å². The fourth-order valence-electron chi connectivity index (χ4n) is 2.51. The van der Waals surface area contributed by atoms with Crippen LogP contribution in [0.3, 0.4) is 0 Å². The second-order valence-electron chi connectivity index (χ2n) is 5.26. The Balaban J connectivity index is 1.62. The van der Waals surface area contributed by atoms with Crippen molar-refractivity contribution in [2.45, 2.75) is 31.8 Å². The monoisotopic (exact) mass is 281 g/mol. The van der Waals surface area contributed by atoms with Gasteiger partial charge in [0.25, 0.3) is 0 Å². The van der Waals surface area contributed by atoms with Crippen molar-refractivity contribution in [2.75, 3.05) is 26.2 Å². The van der Waals surface area contributed by atoms with Gasteiger partial charge in [0.1, 0.15) is 5.82 Å². The van der Waals surface area contributed by atoms with Crippen LogP contribution in [0.1, 0.15) is 25.1 Å². The first kappa shape index (κ1) is 15.0. The van der Waals surface area contributed by atoms with Crippen LogP contribution in [-0.4, -0.2) is 57.9 Å². The first-order chi connectivity index (χ1) is 9.65. The third-order valence-corrected chi connectivity index (χ3v) is 3.78. The Labute approximate surface area is 119 Å². The van der Waals surface area contributed by atoms with Gasteiger partial charge in [0, 0.05) is 45.5 Å². The van der Waals surface area contributed by atoms with Crippen molar-refractivity contribution in [1.29, 1.82) is 0 Å². The van der Waals surface area contributed by atoms with E-state index in [1.54, 1.807) is 0 Å². The molecule has 0 aliphatic carbocycles. The van der Waals surface area contributed by atoms with E-state index in [1.807, 2.05) is 19.4 Å². The van der Waals surface area contributed by atoms with E-state index in [0.29, 0.717) is 6.61 Å². The van der Waals surface area contributed by atoms with Crippen LogP contribution >= 0.6 is 0 Å². The highest BCUT2D eigenvalue weighted by atomic mass is 16.5. The Bertz CT molecular complexity index is 425. The highest BCUT2D eigenvalue weighted by molar-refractivity contribution is 5.66. The molecule has 0 spiro atoms. The van der Waals surface area contributed by atoms with Crippen molar-refractivity contribution >= 4 is 5.97 Å². The highest BCUT2D eigenvalue weighted by Gasteiger charge is 2.19. The molecular formula is C14H23N3O3. The molecule has 2 rings (SSSR count). The van der Waals surface area contributed by atoms with E-state index in [9.17, 15) is 4.79 Å². The summed E-state index contributed by atoms with van der Waals surface area (Å²) in [7, 11) is 2.02. The number of imidazole rings is 1. The van der Waals surface area contributed by atoms with Gasteiger partial charge in [-0.1, -0.05) is 0 Å². The number of ether oxygens (including phenoxy) is 1. The fraction of sp³-hybridized carbons (Fsp3) is 0.714. The maximum atomic E-state index is 10.4. The zero-order chi connectivity index (χ0) is 14.4. The molecule has 0 unspecified atom stereocenters. The van der Waals surface area contributed by atoms with Gasteiger partial charge in [0.05, 0.1) is 19.1 Å². The molecule has 0 atom stereocenters. The summed E-state index contributed by atoms with van der Waals surface area (Å²) in [6.07, 6.45) is 7.06. The lowest BCUT2D eigenvalue weighted by Gasteiger charge is -2.31. The molecule has 0 bridgehead atoms. The van der Waals surface area contributed by atoms with Crippen molar-refractivity contribution in [1.82, 2.24) is 14.5 Å². The first-order valence-corrected chi connectivity index (χ1v) is 7.17. The summed E-state index contributed by atoms with van der Waals surface area (Å²) in [5.74, 6) is 0.322. The van der Waals surface area contributed by atoms with Gasteiger partial charge in [0.2, 0.25) is 0 Å². The number of aryl methyl sites for hydroxylation is 1. The molecule has 1 saturated heterocycles. The molecule has 20 heavy (non-hydrogen) atoms. The minimum atomic E-state index is -0.794. The number of nitrogens with zero attached hydrogens (tertiary/aromatic N) is 3. The second kappa shape index (κ2) is 7.40. The van der Waals surface area contributed by atoms with Crippen molar-refractivity contribution < 1.29 is 14.6 Å². The van der Waals surface area contributed by atoms with E-state index in [4.69, 9.17) is 9.84 Å². The summed E-state index contributed by atoms with van der Waals surface area (Å²) in [6, 6.07) is 0. The van der Waals surface area contributed by atoms with Crippen LogP contribution in [0, 0.1) is 0 Å². The lowest BCUT2D eigenvalue weighted by atomic mass is 10.1. The van der Waals surface area contributed by atoms with Crippen LogP contribution in [0.15, 0.2) is 12.4 Å². The van der Waals surface area contributed by atoms with Crippen molar-refractivity contribution in [3.05, 3.63) is 18.2 Å². The van der Waals surface area contributed by atoms with Gasteiger partial charge >= 0.3 is 5.97 Å². The average molecular weight is 281 g/mol. The predicted molar refractivity (Wildman–Crippen MR) is 74.6 cm³/mol. The third kappa shape index (κ3) is 4.61. The zero-order valence-electron chi connectivity index (χ0n) is 12.0. The molecule has 2 heterocycles. The van der Waals surface area contributed by atoms with Crippen LogP contribution in [0.4, 0.5) is 0 Å². The second-order valence-corrected chi connectivity index (χ2v) is 5.26. The molecule has 0 saturated carbocycles. The zero-order valence-corrected chi connectivity index (χ0v) is 12.0. The topological polar surface area (TPSA) is 67.6 Å². The molecule has 1 aliphatic heterocycles. The lowest BCUT2D eigenvalue weighted by molar-refractivity contribution is -0.138. The maximum Gasteiger partial charge on any atom is 0.305 e. The quantitative estimate of drug-likeness (QED) is 0.805. The van der Waals surface area contributed by atoms with Gasteiger partial charge in [-0.15, -0.1) is 0 Å². The highest BCUT2D eigenvalue weighted by Crippen LogP contribution is 2.14. The number of carbonyl (C=O) groups is 1. The summed E-state index contributed by atoms with van der Waals surface area (Å²) < 4.78 is 7.64. The van der Waals surface area contributed by atoms with Gasteiger partial charge in [-0.25, -0.2) is 4.98 Å². The molecule has 1 fully saturated rings. The molecule has 1 aromatic rings. The lowest BCUT2D eigenvalue weighted by Crippen LogP contribution is -2.38. The maximum absolute atomic E-state index is 10.4. The van der Waals surface area contributed by atoms with E-state index >= 15 is 0 Å². The number of likely N-dealkylation sites (tertiary alicyclic amines) is 1. The Morgan fingerprint density at radius 1 is 1.50 bits per heavy atom. The summed E-state index contributed by atoms with van der Waals surface area (Å²) in [4.78, 5) is 17.2. The van der Waals surface area contributed by atoms with Gasteiger partial charge in [-0.2, -0.15) is 0 Å². The Hall–Kier alpha value is -1.40. The molecule has 1 aliphatic rings. The standard InChI is InChI=1S/C14H23N3O3/c1-16-10-6-15-13(16)4-9-17-7-2-12(3-8-17)20-11-5-14(18)19/h6,10,12H,2-5,7-9,11H2,1H3,(H,18,19). The van der Waals surface area contributed by atoms with Crippen LogP contribution in [0.2, 0.25) is 0 Å². The smallest absolute Gasteiger partial charge is 0.305 e. The number of aromatic nitrogens is 2. The molecule has 1 N–H and O–H groups in total. The Kier molecular flexibility index (Phi) is 5.55. The number of carboxylic acid groups (broad SMARTS) is 1. The van der Waals surface area contributed by atoms with Crippen LogP contribution < -0.4 is 0 Å². The predicted octanol–water partition coefficient (Wildman–Crippen LogP) is 0.918. The normalized spacial score (nSPS) is 17.4. The average Bonchev–Trinajstić information content (AvgIpc) is 2.83. The molecule has 6 nitrogen and oxygen atoms in total. The van der Waals surface area contributed by atoms with E-state index in [1.165, 1.54) is 0 Å². The van der Waals surface area contributed by atoms with Crippen molar-refractivity contribution in [2.24, 2.45) is 7.05 Å². The molecule has 6 heteroatoms. The molecular weight excluding hydrogens is 258 g/mol. The van der Waals surface area contributed by atoms with E-state index in [-0.39, 0.29) is 12.5 Å². The molecule has 0 amide bonds. The van der Waals surface area contributed by atoms with Gasteiger partial charge < -0.3 is 19.3 Å². The minimum Gasteiger partial charge on any atom is -0.481 e. The van der Waals surface area contributed by atoms with Crippen molar-refractivity contribution in [3.8, 4) is 0 Å². The molecule has 0 radical (unpaired) electrons. The summed E-state index contributed by atoms with van der Waals surface area (Å²) in [5, 5.41) is 8.57. The molecule has 0 aromatic carbocycles. The van der Waals surface area contributed by atoms with E-state index in [0.717, 1.165) is 44.7 Å². The third-order valence-electron chi connectivity index (χ3n) is 3.78. The van der Waals surface area contributed by atoms with Gasteiger partial charge in [0.15, 0.2) is 0 Å². The SMILES string of the molecule is Cn1ccnc1CCN1CCC(OCCC(=O)O)CC1. The summed E-state index contributed by atoms with van der Waals surface area (Å²) in [5.41, 5.74) is 0. The Morgan fingerprint density at radius 2 is 2.25 bits per heavy atom. The van der Waals surface area contributed by atoms with Gasteiger partial charge in [-0.3, -0.25) is 4.79 Å². The number of aliphatic carboxylic acids is 1. The summed E-state index contributed by atoms with van der Waals surface area (Å²) in [6.45, 7) is 3.38. The first-order valence-electron chi connectivity index (χ1n) is 7.17. The molecule has 1 aromatic heterocycles. The van der Waals surface area contributed by atoms with Crippen molar-refractivity contribution in [3.63, 3.8) is 0 Å². The van der Waals surface area contributed by atoms with E-state index < -0.39 is 5.97 Å². The minimum absolute atomic E-state index is 0.0966. The van der Waals surface area contributed by atoms with Crippen LogP contribution in [0.5, 0.6) is 0 Å². The number of carboxylic acids is 1. The number of hydrogen-bond acceptors (Lipinski definition) is 4. The Morgan fingerprint density at radius 3 is 2.85 bits per heavy atom. The molecule has 112 valence electrons. The largest absolute Gasteiger partial charge is 0.481 e. The fourth-order valence-corrected chi connectivity index (χ4v) is 2.51.